The zero-order valence-electron chi connectivity index (χ0n) is 38.6. The number of ether oxygens (including phenoxy) is 2. The topological polar surface area (TPSA) is 191 Å². The molecule has 2 fully saturated rings. The average Bonchev–Trinajstić information content (AvgIpc) is 3.87. The summed E-state index contributed by atoms with van der Waals surface area (Å²) in [5.41, 5.74) is 0.397. The van der Waals surface area contributed by atoms with Gasteiger partial charge in [-0.3, -0.25) is 38.6 Å². The van der Waals surface area contributed by atoms with E-state index in [-0.39, 0.29) is 31.1 Å². The summed E-state index contributed by atoms with van der Waals surface area (Å²) >= 11 is 0. The lowest BCUT2D eigenvalue weighted by molar-refractivity contribution is -0.0288. The van der Waals surface area contributed by atoms with Crippen LogP contribution in [-0.2, 0) is 28.5 Å². The Kier molecular flexibility index (Phi) is 14.2. The van der Waals surface area contributed by atoms with Crippen LogP contribution in [0.15, 0.2) is 123 Å². The van der Waals surface area contributed by atoms with Crippen LogP contribution in [0.25, 0.3) is 0 Å². The van der Waals surface area contributed by atoms with Gasteiger partial charge in [0.2, 0.25) is 0 Å². The highest BCUT2D eigenvalue weighted by Gasteiger charge is 2.48. The Balaban J connectivity index is 1.24. The molecular formula is C47H62N7O9PSi. The van der Waals surface area contributed by atoms with Crippen LogP contribution in [0.5, 0.6) is 0 Å². The highest BCUT2D eigenvalue weighted by atomic mass is 31.2. The molecule has 4 heterocycles. The second-order valence-corrected chi connectivity index (χ2v) is 25.9. The quantitative estimate of drug-likeness (QED) is 0.0522. The monoisotopic (exact) mass is 927 g/mol. The lowest BCUT2D eigenvalue weighted by atomic mass is 9.76. The number of benzene rings is 3. The molecule has 16 nitrogen and oxygen atoms in total. The van der Waals surface area contributed by atoms with Crippen molar-refractivity contribution in [3.8, 4) is 0 Å². The van der Waals surface area contributed by atoms with Crippen LogP contribution < -0.4 is 32.9 Å². The molecule has 2 aromatic heterocycles. The molecule has 2 aliphatic rings. The van der Waals surface area contributed by atoms with Crippen molar-refractivity contribution in [2.75, 3.05) is 27.3 Å². The first-order valence-corrected chi connectivity index (χ1v) is 26.4. The molecule has 4 N–H and O–H groups in total. The van der Waals surface area contributed by atoms with E-state index in [4.69, 9.17) is 18.4 Å². The number of aryl methyl sites for hydroxylation is 2. The molecule has 65 heavy (non-hydrogen) atoms. The third kappa shape index (κ3) is 10.1. The molecule has 3 aromatic carbocycles. The van der Waals surface area contributed by atoms with Gasteiger partial charge in [-0.1, -0.05) is 112 Å². The van der Waals surface area contributed by atoms with Gasteiger partial charge in [0, 0.05) is 48.4 Å². The predicted molar refractivity (Wildman–Crippen MR) is 253 cm³/mol. The number of nitrogens with zero attached hydrogens (tertiary/aromatic N) is 3. The Morgan fingerprint density at radius 3 is 1.54 bits per heavy atom. The van der Waals surface area contributed by atoms with E-state index >= 15 is 4.57 Å². The number of H-pyrrole nitrogens is 2. The highest BCUT2D eigenvalue weighted by Crippen LogP contribution is 2.49. The maximum atomic E-state index is 15.3. The van der Waals surface area contributed by atoms with Crippen molar-refractivity contribution >= 4 is 16.0 Å². The number of rotatable bonds is 16. The number of aromatic amines is 2. The standard InChI is InChI=1S/C47H62N7O9PSi/c1-31-27-53(44(57)48-42(31)55)40-25-36(50-47(33-19-13-10-14-20-33,34-21-15-11-16-22-34)35-23-17-12-18-24-35)38(62-40)29-60-64(59,52(6)7)51-37-26-41(54-28-32(2)43(56)49-45(54)58)63-39(37)30-61-65(8,9)46(3,4)5/h10-24,27-28,36-41,50H,25-26,29-30H2,1-9H3,(H,51,59)(H,48,55,57)(H,49,56,58). The average molecular weight is 928 g/mol. The van der Waals surface area contributed by atoms with Crippen LogP contribution in [0.3, 0.4) is 0 Å². The summed E-state index contributed by atoms with van der Waals surface area (Å²) in [6.07, 6.45) is 0.331. The summed E-state index contributed by atoms with van der Waals surface area (Å²) in [7, 11) is -2.94. The molecule has 0 spiro atoms. The van der Waals surface area contributed by atoms with Gasteiger partial charge in [0.05, 0.1) is 31.0 Å². The number of hydrogen-bond acceptors (Lipinski definition) is 10. The van der Waals surface area contributed by atoms with Crippen LogP contribution >= 0.6 is 7.67 Å². The number of aromatic nitrogens is 4. The second-order valence-electron chi connectivity index (χ2n) is 18.8. The van der Waals surface area contributed by atoms with Gasteiger partial charge in [0.15, 0.2) is 8.32 Å². The zero-order valence-corrected chi connectivity index (χ0v) is 40.5. The summed E-state index contributed by atoms with van der Waals surface area (Å²) in [5.74, 6) is 0. The van der Waals surface area contributed by atoms with Gasteiger partial charge in [0.25, 0.3) is 11.1 Å². The van der Waals surface area contributed by atoms with Crippen molar-refractivity contribution in [1.29, 1.82) is 0 Å². The Morgan fingerprint density at radius 1 is 0.708 bits per heavy atom. The second kappa shape index (κ2) is 19.2. The molecular weight excluding hydrogens is 866 g/mol. The summed E-state index contributed by atoms with van der Waals surface area (Å²) in [4.78, 5) is 56.1. The third-order valence-corrected chi connectivity index (χ3v) is 19.8. The third-order valence-electron chi connectivity index (χ3n) is 13.1. The van der Waals surface area contributed by atoms with Crippen molar-refractivity contribution in [3.05, 3.63) is 173 Å². The van der Waals surface area contributed by atoms with Crippen LogP contribution in [-0.4, -0.2) is 83.7 Å². The van der Waals surface area contributed by atoms with E-state index in [1.807, 2.05) is 54.6 Å². The normalized spacial score (nSPS) is 22.6. The number of nitrogens with one attached hydrogen (secondary N) is 4. The molecule has 0 bridgehead atoms. The molecule has 7 atom stereocenters. The Bertz CT molecular complexity index is 2620. The van der Waals surface area contributed by atoms with Gasteiger partial charge < -0.3 is 18.4 Å². The molecule has 0 aliphatic carbocycles. The Labute approximate surface area is 380 Å². The van der Waals surface area contributed by atoms with Gasteiger partial charge in [-0.25, -0.2) is 19.3 Å². The molecule has 348 valence electrons. The van der Waals surface area contributed by atoms with Gasteiger partial charge in [-0.2, -0.15) is 0 Å². The molecule has 0 radical (unpaired) electrons. The lowest BCUT2D eigenvalue weighted by Crippen LogP contribution is -2.53. The smallest absolute Gasteiger partial charge is 0.343 e. The maximum absolute atomic E-state index is 15.3. The fraction of sp³-hybridized carbons (Fsp3) is 0.447. The minimum atomic E-state index is -3.95. The Morgan fingerprint density at radius 2 is 1.12 bits per heavy atom. The van der Waals surface area contributed by atoms with E-state index in [2.05, 4.69) is 90.6 Å². The minimum absolute atomic E-state index is 0.106. The van der Waals surface area contributed by atoms with Crippen LogP contribution in [0, 0.1) is 13.8 Å². The Hall–Kier alpha value is -4.81. The summed E-state index contributed by atoms with van der Waals surface area (Å²) in [5, 5.41) is 7.19. The van der Waals surface area contributed by atoms with E-state index in [0.29, 0.717) is 11.1 Å². The van der Waals surface area contributed by atoms with Crippen LogP contribution in [0.2, 0.25) is 18.1 Å². The van der Waals surface area contributed by atoms with E-state index < -0.39 is 80.8 Å². The van der Waals surface area contributed by atoms with E-state index in [1.54, 1.807) is 27.9 Å². The van der Waals surface area contributed by atoms with E-state index in [0.717, 1.165) is 16.7 Å². The zero-order chi connectivity index (χ0) is 46.9. The number of hydrogen-bond donors (Lipinski definition) is 4. The molecule has 7 rings (SSSR count). The van der Waals surface area contributed by atoms with Crippen molar-refractivity contribution in [2.45, 2.75) is 108 Å². The van der Waals surface area contributed by atoms with Gasteiger partial charge in [0.1, 0.15) is 12.5 Å². The fourth-order valence-corrected chi connectivity index (χ4v) is 10.8. The first-order chi connectivity index (χ1) is 30.7. The van der Waals surface area contributed by atoms with Crippen molar-refractivity contribution in [1.82, 2.24) is 34.2 Å². The molecule has 0 saturated carbocycles. The van der Waals surface area contributed by atoms with Crippen molar-refractivity contribution in [2.24, 2.45) is 0 Å². The summed E-state index contributed by atoms with van der Waals surface area (Å²) < 4.78 is 46.0. The van der Waals surface area contributed by atoms with E-state index in [1.165, 1.54) is 26.2 Å². The molecule has 0 amide bonds. The van der Waals surface area contributed by atoms with E-state index in [9.17, 15) is 19.2 Å². The van der Waals surface area contributed by atoms with Crippen LogP contribution in [0.1, 0.15) is 73.9 Å². The molecule has 2 saturated heterocycles. The SMILES string of the molecule is Cc1cn(C2CC(NC(c3ccccc3)(c3ccccc3)c3ccccc3)C(COP(=O)(NC3CC(n4cc(C)c(=O)[nH]c4=O)OC3CO[Si](C)(C)C(C)(C)C)N(C)C)O2)c(=O)[nH]c1=O. The first-order valence-electron chi connectivity index (χ1n) is 22.0. The molecule has 2 aliphatic heterocycles. The van der Waals surface area contributed by atoms with Crippen molar-refractivity contribution < 1.29 is 23.0 Å². The van der Waals surface area contributed by atoms with Crippen molar-refractivity contribution in [3.63, 3.8) is 0 Å². The lowest BCUT2D eigenvalue weighted by Gasteiger charge is -2.40. The van der Waals surface area contributed by atoms with Gasteiger partial charge in [-0.05, 0) is 62.8 Å². The highest BCUT2D eigenvalue weighted by molar-refractivity contribution is 7.54. The largest absolute Gasteiger partial charge is 0.414 e. The van der Waals surface area contributed by atoms with Gasteiger partial charge in [-0.15, -0.1) is 0 Å². The molecule has 18 heteroatoms. The first kappa shape index (κ1) is 48.1. The predicted octanol–water partition coefficient (Wildman–Crippen LogP) is 5.90. The minimum Gasteiger partial charge on any atom is -0.414 e. The van der Waals surface area contributed by atoms with Gasteiger partial charge >= 0.3 is 19.0 Å². The maximum Gasteiger partial charge on any atom is 0.343 e. The van der Waals surface area contributed by atoms with Crippen LogP contribution in [0.4, 0.5) is 0 Å². The fourth-order valence-electron chi connectivity index (χ4n) is 8.25. The summed E-state index contributed by atoms with van der Waals surface area (Å²) in [6.45, 7) is 13.9. The molecule has 7 unspecified atom stereocenters. The molecule has 5 aromatic rings. The summed E-state index contributed by atoms with van der Waals surface area (Å²) in [6, 6.07) is 29.1.